The molecule has 0 aliphatic heterocycles. The van der Waals surface area contributed by atoms with Gasteiger partial charge in [-0.2, -0.15) is 0 Å². The molecular weight excluding hydrogens is 427 g/mol. The van der Waals surface area contributed by atoms with Gasteiger partial charge in [-0.25, -0.2) is 9.18 Å². The van der Waals surface area contributed by atoms with Gasteiger partial charge in [0.05, 0.1) is 16.8 Å². The van der Waals surface area contributed by atoms with Crippen molar-refractivity contribution in [2.45, 2.75) is 6.42 Å². The number of fused-ring (bicyclic) bond motifs is 1. The molecular formula is C24H25FN4O4. The number of nitrogens with one attached hydrogen (secondary N) is 3. The highest BCUT2D eigenvalue weighted by Gasteiger charge is 2.16. The molecule has 4 N–H and O–H groups in total. The lowest BCUT2D eigenvalue weighted by atomic mass is 10.1. The number of pyridine rings is 1. The Kier molecular flexibility index (Phi) is 7.24. The van der Waals surface area contributed by atoms with E-state index in [0.29, 0.717) is 27.8 Å². The first-order chi connectivity index (χ1) is 15.7. The van der Waals surface area contributed by atoms with E-state index in [4.69, 9.17) is 0 Å². The van der Waals surface area contributed by atoms with Gasteiger partial charge in [-0.15, -0.1) is 0 Å². The third-order valence-electron chi connectivity index (χ3n) is 5.02. The second-order valence-electron chi connectivity index (χ2n) is 7.74. The SMILES string of the molecule is CNc1cc(F)cc2cc(C(=O)Nc3ccc(C(=O)O)cc3/C=C/CCN(C)C)c(=O)[nH]c12. The van der Waals surface area contributed by atoms with Crippen LogP contribution in [0.1, 0.15) is 32.7 Å². The molecule has 0 unspecified atom stereocenters. The maximum absolute atomic E-state index is 13.9. The van der Waals surface area contributed by atoms with Crippen molar-refractivity contribution in [3.8, 4) is 0 Å². The number of carbonyl (C=O) groups is 2. The fourth-order valence-electron chi connectivity index (χ4n) is 3.33. The number of hydrogen-bond acceptors (Lipinski definition) is 5. The standard InChI is InChI=1S/C24H25FN4O4/c1-26-20-13-17(25)11-16-12-18(23(31)28-21(16)20)22(30)27-19-8-7-15(24(32)33)10-14(19)6-4-5-9-29(2)3/h4,6-8,10-13,26H,5,9H2,1-3H3,(H,27,30)(H,28,31)(H,32,33)/b6-4+. The summed E-state index contributed by atoms with van der Waals surface area (Å²) in [6, 6.07) is 8.09. The third-order valence-corrected chi connectivity index (χ3v) is 5.02. The predicted molar refractivity (Wildman–Crippen MR) is 128 cm³/mol. The smallest absolute Gasteiger partial charge is 0.335 e. The van der Waals surface area contributed by atoms with Crippen molar-refractivity contribution >= 4 is 40.2 Å². The average molecular weight is 452 g/mol. The Bertz CT molecular complexity index is 1300. The number of benzene rings is 2. The van der Waals surface area contributed by atoms with Crippen molar-refractivity contribution in [2.24, 2.45) is 0 Å². The lowest BCUT2D eigenvalue weighted by Gasteiger charge is -2.11. The quantitative estimate of drug-likeness (QED) is 0.415. The zero-order chi connectivity index (χ0) is 24.1. The van der Waals surface area contributed by atoms with Gasteiger partial charge in [0.1, 0.15) is 11.4 Å². The molecule has 33 heavy (non-hydrogen) atoms. The van der Waals surface area contributed by atoms with Crippen molar-refractivity contribution in [2.75, 3.05) is 38.3 Å². The highest BCUT2D eigenvalue weighted by molar-refractivity contribution is 6.07. The largest absolute Gasteiger partial charge is 0.478 e. The minimum atomic E-state index is -1.09. The van der Waals surface area contributed by atoms with Crippen LogP contribution in [0.5, 0.6) is 0 Å². The molecule has 0 aliphatic carbocycles. The summed E-state index contributed by atoms with van der Waals surface area (Å²) < 4.78 is 13.9. The molecule has 0 saturated carbocycles. The summed E-state index contributed by atoms with van der Waals surface area (Å²) in [6.07, 6.45) is 4.33. The molecule has 0 bridgehead atoms. The number of carboxylic acids is 1. The number of carbonyl (C=O) groups excluding carboxylic acids is 1. The van der Waals surface area contributed by atoms with E-state index in [9.17, 15) is 23.9 Å². The third kappa shape index (κ3) is 5.64. The second kappa shape index (κ2) is 10.1. The minimum absolute atomic E-state index is 0.0684. The van der Waals surface area contributed by atoms with Gasteiger partial charge in [-0.05, 0) is 62.5 Å². The zero-order valence-electron chi connectivity index (χ0n) is 18.5. The molecule has 1 aromatic heterocycles. The van der Waals surface area contributed by atoms with Gasteiger partial charge in [-0.3, -0.25) is 9.59 Å². The summed E-state index contributed by atoms with van der Waals surface area (Å²) in [5, 5.41) is 15.1. The molecule has 3 aromatic rings. The number of hydrogen-bond donors (Lipinski definition) is 4. The lowest BCUT2D eigenvalue weighted by molar-refractivity contribution is 0.0696. The number of halogens is 1. The Labute approximate surface area is 189 Å². The molecule has 0 spiro atoms. The number of nitrogens with zero attached hydrogens (tertiary/aromatic N) is 1. The molecule has 0 aliphatic rings. The van der Waals surface area contributed by atoms with Crippen LogP contribution in [-0.2, 0) is 0 Å². The molecule has 0 saturated heterocycles. The number of aromatic carboxylic acids is 1. The maximum Gasteiger partial charge on any atom is 0.335 e. The maximum atomic E-state index is 13.9. The Morgan fingerprint density at radius 1 is 1.15 bits per heavy atom. The van der Waals surface area contributed by atoms with Crippen LogP contribution in [0.2, 0.25) is 0 Å². The summed E-state index contributed by atoms with van der Waals surface area (Å²) >= 11 is 0. The summed E-state index contributed by atoms with van der Waals surface area (Å²) in [6.45, 7) is 0.800. The van der Waals surface area contributed by atoms with Crippen LogP contribution in [0, 0.1) is 5.82 Å². The Hall–Kier alpha value is -3.98. The number of anilines is 2. The van der Waals surface area contributed by atoms with Crippen LogP contribution < -0.4 is 16.2 Å². The van der Waals surface area contributed by atoms with Crippen LogP contribution >= 0.6 is 0 Å². The Morgan fingerprint density at radius 3 is 2.58 bits per heavy atom. The molecule has 9 heteroatoms. The van der Waals surface area contributed by atoms with Crippen LogP contribution in [0.4, 0.5) is 15.8 Å². The van der Waals surface area contributed by atoms with Gasteiger partial charge >= 0.3 is 5.97 Å². The van der Waals surface area contributed by atoms with Crippen LogP contribution in [-0.4, -0.2) is 54.6 Å². The normalized spacial score (nSPS) is 11.3. The van der Waals surface area contributed by atoms with E-state index in [-0.39, 0.29) is 11.1 Å². The van der Waals surface area contributed by atoms with Crippen LogP contribution in [0.3, 0.4) is 0 Å². The van der Waals surface area contributed by atoms with E-state index in [1.54, 1.807) is 13.1 Å². The molecule has 2 aromatic carbocycles. The van der Waals surface area contributed by atoms with Gasteiger partial charge < -0.3 is 25.6 Å². The molecule has 8 nitrogen and oxygen atoms in total. The summed E-state index contributed by atoms with van der Waals surface area (Å²) in [5.74, 6) is -2.30. The molecule has 0 atom stereocenters. The van der Waals surface area contributed by atoms with Crippen LogP contribution in [0.25, 0.3) is 17.0 Å². The monoisotopic (exact) mass is 452 g/mol. The summed E-state index contributed by atoms with van der Waals surface area (Å²) in [5.41, 5.74) is 0.856. The minimum Gasteiger partial charge on any atom is -0.478 e. The molecule has 0 fully saturated rings. The first-order valence-electron chi connectivity index (χ1n) is 10.2. The van der Waals surface area contributed by atoms with Crippen molar-refractivity contribution in [3.63, 3.8) is 0 Å². The van der Waals surface area contributed by atoms with Crippen molar-refractivity contribution in [3.05, 3.63) is 75.3 Å². The number of aromatic nitrogens is 1. The molecule has 0 radical (unpaired) electrons. The van der Waals surface area contributed by atoms with E-state index in [1.165, 1.54) is 36.4 Å². The van der Waals surface area contributed by atoms with E-state index >= 15 is 0 Å². The summed E-state index contributed by atoms with van der Waals surface area (Å²) in [7, 11) is 5.48. The molecule has 3 rings (SSSR count). The van der Waals surface area contributed by atoms with Gasteiger partial charge in [0.15, 0.2) is 0 Å². The van der Waals surface area contributed by atoms with E-state index < -0.39 is 23.3 Å². The number of H-pyrrole nitrogens is 1. The Morgan fingerprint density at radius 2 is 1.91 bits per heavy atom. The summed E-state index contributed by atoms with van der Waals surface area (Å²) in [4.78, 5) is 41.5. The van der Waals surface area contributed by atoms with Gasteiger partial charge in [0, 0.05) is 24.7 Å². The number of carboxylic acid groups (broad SMARTS) is 1. The van der Waals surface area contributed by atoms with E-state index in [0.717, 1.165) is 13.0 Å². The first kappa shape index (κ1) is 23.7. The van der Waals surface area contributed by atoms with E-state index in [1.807, 2.05) is 25.1 Å². The highest BCUT2D eigenvalue weighted by atomic mass is 19.1. The number of rotatable bonds is 8. The van der Waals surface area contributed by atoms with E-state index in [2.05, 4.69) is 15.6 Å². The highest BCUT2D eigenvalue weighted by Crippen LogP contribution is 2.24. The average Bonchev–Trinajstić information content (AvgIpc) is 2.76. The van der Waals surface area contributed by atoms with Crippen LogP contribution in [0.15, 0.2) is 47.3 Å². The second-order valence-corrected chi connectivity index (χ2v) is 7.74. The van der Waals surface area contributed by atoms with Crippen molar-refractivity contribution < 1.29 is 19.1 Å². The predicted octanol–water partition coefficient (Wildman–Crippen LogP) is 3.62. The topological polar surface area (TPSA) is 115 Å². The van der Waals surface area contributed by atoms with Gasteiger partial charge in [0.25, 0.3) is 11.5 Å². The fraction of sp³-hybridized carbons (Fsp3) is 0.208. The first-order valence-corrected chi connectivity index (χ1v) is 10.2. The molecule has 1 heterocycles. The van der Waals surface area contributed by atoms with Gasteiger partial charge in [0.2, 0.25) is 0 Å². The molecule has 172 valence electrons. The fourth-order valence-corrected chi connectivity index (χ4v) is 3.33. The number of aromatic amines is 1. The van der Waals surface area contributed by atoms with Gasteiger partial charge in [-0.1, -0.05) is 12.2 Å². The van der Waals surface area contributed by atoms with Crippen molar-refractivity contribution in [1.82, 2.24) is 9.88 Å². The molecule has 1 amide bonds. The number of amides is 1. The Balaban J connectivity index is 1.96. The van der Waals surface area contributed by atoms with Crippen molar-refractivity contribution in [1.29, 1.82) is 0 Å². The zero-order valence-corrected chi connectivity index (χ0v) is 18.5. The lowest BCUT2D eigenvalue weighted by Crippen LogP contribution is -2.23.